The highest BCUT2D eigenvalue weighted by atomic mass is 35.5. The Balaban J connectivity index is 1.70. The molecule has 7 heteroatoms. The second kappa shape index (κ2) is 7.11. The van der Waals surface area contributed by atoms with Crippen LogP contribution in [-0.2, 0) is 0 Å². The average Bonchev–Trinajstić information content (AvgIpc) is 2.62. The molecule has 1 aliphatic heterocycles. The Morgan fingerprint density at radius 2 is 1.80 bits per heavy atom. The predicted molar refractivity (Wildman–Crippen MR) is 94.1 cm³/mol. The van der Waals surface area contributed by atoms with Crippen molar-refractivity contribution in [1.29, 1.82) is 0 Å². The lowest BCUT2D eigenvalue weighted by Gasteiger charge is -2.32. The normalized spacial score (nSPS) is 15.2. The third-order valence-corrected chi connectivity index (χ3v) is 4.87. The molecule has 1 saturated heterocycles. The van der Waals surface area contributed by atoms with Gasteiger partial charge in [-0.1, -0.05) is 23.7 Å². The highest BCUT2D eigenvalue weighted by Crippen LogP contribution is 2.31. The van der Waals surface area contributed by atoms with E-state index in [9.17, 15) is 20.0 Å². The van der Waals surface area contributed by atoms with Crippen molar-refractivity contribution in [2.45, 2.75) is 18.8 Å². The lowest BCUT2D eigenvalue weighted by molar-refractivity contribution is -0.384. The molecule has 25 heavy (non-hydrogen) atoms. The number of phenols is 1. The van der Waals surface area contributed by atoms with Crippen LogP contribution in [0.15, 0.2) is 42.5 Å². The summed E-state index contributed by atoms with van der Waals surface area (Å²) in [6.07, 6.45) is 1.59. The van der Waals surface area contributed by atoms with Crippen LogP contribution < -0.4 is 0 Å². The SMILES string of the molecule is O=C(c1cc([N+](=O)[O-])ccc1Cl)N1CCC(c2ccc(O)cc2)CC1. The van der Waals surface area contributed by atoms with E-state index in [0.29, 0.717) is 19.0 Å². The predicted octanol–water partition coefficient (Wildman–Crippen LogP) is 3.97. The van der Waals surface area contributed by atoms with Gasteiger partial charge in [-0.25, -0.2) is 0 Å². The summed E-state index contributed by atoms with van der Waals surface area (Å²) in [5.41, 5.74) is 1.16. The van der Waals surface area contributed by atoms with E-state index in [1.54, 1.807) is 17.0 Å². The molecule has 0 spiro atoms. The summed E-state index contributed by atoms with van der Waals surface area (Å²) < 4.78 is 0. The number of phenolic OH excluding ortho intramolecular Hbond substituents is 1. The van der Waals surface area contributed by atoms with E-state index in [4.69, 9.17) is 11.6 Å². The van der Waals surface area contributed by atoms with Crippen molar-refractivity contribution in [3.05, 3.63) is 68.7 Å². The number of hydrogen-bond acceptors (Lipinski definition) is 4. The van der Waals surface area contributed by atoms with Gasteiger partial charge in [-0.15, -0.1) is 0 Å². The average molecular weight is 361 g/mol. The van der Waals surface area contributed by atoms with Gasteiger partial charge in [0.25, 0.3) is 11.6 Å². The second-order valence-corrected chi connectivity index (χ2v) is 6.49. The molecule has 0 unspecified atom stereocenters. The van der Waals surface area contributed by atoms with Crippen LogP contribution in [0.1, 0.15) is 34.7 Å². The number of nitro benzene ring substituents is 1. The first-order valence-electron chi connectivity index (χ1n) is 7.98. The number of halogens is 1. The Kier molecular flexibility index (Phi) is 4.90. The smallest absolute Gasteiger partial charge is 0.270 e. The Bertz CT molecular complexity index is 799. The highest BCUT2D eigenvalue weighted by Gasteiger charge is 2.26. The van der Waals surface area contributed by atoms with Crippen molar-refractivity contribution in [2.24, 2.45) is 0 Å². The number of non-ortho nitro benzene ring substituents is 1. The van der Waals surface area contributed by atoms with E-state index in [0.717, 1.165) is 18.4 Å². The largest absolute Gasteiger partial charge is 0.508 e. The van der Waals surface area contributed by atoms with Crippen LogP contribution in [0.5, 0.6) is 5.75 Å². The van der Waals surface area contributed by atoms with Crippen molar-refractivity contribution in [3.8, 4) is 5.75 Å². The van der Waals surface area contributed by atoms with Crippen LogP contribution in [0, 0.1) is 10.1 Å². The van der Waals surface area contributed by atoms with Crippen molar-refractivity contribution in [3.63, 3.8) is 0 Å². The summed E-state index contributed by atoms with van der Waals surface area (Å²) in [6, 6.07) is 11.0. The number of aromatic hydroxyl groups is 1. The Morgan fingerprint density at radius 3 is 2.40 bits per heavy atom. The van der Waals surface area contributed by atoms with Gasteiger partial charge in [-0.3, -0.25) is 14.9 Å². The molecule has 130 valence electrons. The molecular weight excluding hydrogens is 344 g/mol. The molecule has 6 nitrogen and oxygen atoms in total. The van der Waals surface area contributed by atoms with E-state index < -0.39 is 4.92 Å². The van der Waals surface area contributed by atoms with Crippen LogP contribution in [0.2, 0.25) is 5.02 Å². The maximum absolute atomic E-state index is 12.7. The van der Waals surface area contributed by atoms with Crippen LogP contribution in [0.4, 0.5) is 5.69 Å². The molecule has 1 heterocycles. The molecule has 1 aliphatic rings. The van der Waals surface area contributed by atoms with Crippen LogP contribution >= 0.6 is 11.6 Å². The molecule has 0 aliphatic carbocycles. The minimum atomic E-state index is -0.538. The van der Waals surface area contributed by atoms with Gasteiger partial charge in [0.2, 0.25) is 0 Å². The van der Waals surface area contributed by atoms with Gasteiger partial charge in [0.05, 0.1) is 15.5 Å². The van der Waals surface area contributed by atoms with Crippen molar-refractivity contribution < 1.29 is 14.8 Å². The lowest BCUT2D eigenvalue weighted by atomic mass is 9.89. The van der Waals surface area contributed by atoms with Gasteiger partial charge >= 0.3 is 0 Å². The van der Waals surface area contributed by atoms with E-state index in [2.05, 4.69) is 0 Å². The first-order valence-corrected chi connectivity index (χ1v) is 8.35. The van der Waals surface area contributed by atoms with Gasteiger partial charge in [0.1, 0.15) is 5.75 Å². The lowest BCUT2D eigenvalue weighted by Crippen LogP contribution is -2.38. The molecular formula is C18H17ClN2O4. The number of nitrogens with zero attached hydrogens (tertiary/aromatic N) is 2. The maximum Gasteiger partial charge on any atom is 0.270 e. The fourth-order valence-electron chi connectivity index (χ4n) is 3.12. The topological polar surface area (TPSA) is 83.7 Å². The van der Waals surface area contributed by atoms with Crippen molar-refractivity contribution >= 4 is 23.2 Å². The third-order valence-electron chi connectivity index (χ3n) is 4.54. The summed E-state index contributed by atoms with van der Waals surface area (Å²) >= 11 is 6.06. The summed E-state index contributed by atoms with van der Waals surface area (Å²) in [5, 5.41) is 20.5. The zero-order chi connectivity index (χ0) is 18.0. The summed E-state index contributed by atoms with van der Waals surface area (Å²) in [5.74, 6) is 0.278. The van der Waals surface area contributed by atoms with Crippen LogP contribution in [0.25, 0.3) is 0 Å². The van der Waals surface area contributed by atoms with E-state index >= 15 is 0 Å². The van der Waals surface area contributed by atoms with Crippen molar-refractivity contribution in [2.75, 3.05) is 13.1 Å². The number of rotatable bonds is 3. The quantitative estimate of drug-likeness (QED) is 0.663. The first-order chi connectivity index (χ1) is 12.0. The molecule has 1 fully saturated rings. The zero-order valence-electron chi connectivity index (χ0n) is 13.4. The number of likely N-dealkylation sites (tertiary alicyclic amines) is 1. The number of carbonyl (C=O) groups is 1. The molecule has 1 amide bonds. The van der Waals surface area contributed by atoms with Gasteiger partial charge < -0.3 is 10.0 Å². The Morgan fingerprint density at radius 1 is 1.16 bits per heavy atom. The molecule has 2 aromatic carbocycles. The molecule has 0 bridgehead atoms. The maximum atomic E-state index is 12.7. The van der Waals surface area contributed by atoms with E-state index in [-0.39, 0.29) is 27.9 Å². The monoisotopic (exact) mass is 360 g/mol. The third kappa shape index (κ3) is 3.74. The van der Waals surface area contributed by atoms with Gasteiger partial charge in [-0.05, 0) is 42.5 Å². The van der Waals surface area contributed by atoms with Gasteiger partial charge in [0, 0.05) is 25.2 Å². The molecule has 1 N–H and O–H groups in total. The summed E-state index contributed by atoms with van der Waals surface area (Å²) in [4.78, 5) is 24.7. The molecule has 0 radical (unpaired) electrons. The standard InChI is InChI=1S/C18H17ClN2O4/c19-17-6-3-14(21(24)25)11-16(17)18(23)20-9-7-13(8-10-20)12-1-4-15(22)5-2-12/h1-6,11,13,22H,7-10H2. The first kappa shape index (κ1) is 17.2. The summed E-state index contributed by atoms with van der Waals surface area (Å²) in [6.45, 7) is 1.12. The minimum absolute atomic E-state index is 0.147. The number of piperidine rings is 1. The van der Waals surface area contributed by atoms with Crippen molar-refractivity contribution in [1.82, 2.24) is 4.90 Å². The van der Waals surface area contributed by atoms with Gasteiger partial charge in [0.15, 0.2) is 0 Å². The molecule has 0 atom stereocenters. The number of hydrogen-bond donors (Lipinski definition) is 1. The Hall–Kier alpha value is -2.60. The fourth-order valence-corrected chi connectivity index (χ4v) is 3.32. The van der Waals surface area contributed by atoms with Crippen LogP contribution in [-0.4, -0.2) is 33.9 Å². The van der Waals surface area contributed by atoms with E-state index in [1.165, 1.54) is 18.2 Å². The number of carbonyl (C=O) groups excluding carboxylic acids is 1. The minimum Gasteiger partial charge on any atom is -0.508 e. The number of benzene rings is 2. The molecule has 0 saturated carbocycles. The highest BCUT2D eigenvalue weighted by molar-refractivity contribution is 6.33. The summed E-state index contributed by atoms with van der Waals surface area (Å²) in [7, 11) is 0. The van der Waals surface area contributed by atoms with Crippen LogP contribution in [0.3, 0.4) is 0 Å². The molecule has 2 aromatic rings. The zero-order valence-corrected chi connectivity index (χ0v) is 14.1. The molecule has 3 rings (SSSR count). The van der Waals surface area contributed by atoms with E-state index in [1.807, 2.05) is 12.1 Å². The number of amides is 1. The Labute approximate surface area is 149 Å². The number of nitro groups is 1. The van der Waals surface area contributed by atoms with Gasteiger partial charge in [-0.2, -0.15) is 0 Å². The second-order valence-electron chi connectivity index (χ2n) is 6.08. The fraction of sp³-hybridized carbons (Fsp3) is 0.278. The molecule has 0 aromatic heterocycles.